The number of rotatable bonds is 8. The largest absolute Gasteiger partial charge is 0.488 e. The van der Waals surface area contributed by atoms with Crippen molar-refractivity contribution in [3.63, 3.8) is 0 Å². The van der Waals surface area contributed by atoms with Gasteiger partial charge in [-0.15, -0.1) is 0 Å². The Kier molecular flexibility index (Phi) is 7.76. The molecule has 1 aliphatic heterocycles. The monoisotopic (exact) mass is 543 g/mol. The summed E-state index contributed by atoms with van der Waals surface area (Å²) < 4.78 is 46.1. The summed E-state index contributed by atoms with van der Waals surface area (Å²) in [5.41, 5.74) is 0.409. The summed E-state index contributed by atoms with van der Waals surface area (Å²) in [6.45, 7) is -0.705. The van der Waals surface area contributed by atoms with Crippen molar-refractivity contribution < 1.29 is 37.2 Å². The Labute approximate surface area is 217 Å². The molecule has 3 aromatic rings. The normalized spacial score (nSPS) is 14.2. The first-order valence-electron chi connectivity index (χ1n) is 10.8. The fraction of sp³-hybridized carbons (Fsp3) is 0.0800. The summed E-state index contributed by atoms with van der Waals surface area (Å²) >= 11 is 0.575. The molecule has 0 saturated carbocycles. The molecule has 1 heterocycles. The Morgan fingerprint density at radius 3 is 2.45 bits per heavy atom. The maximum atomic E-state index is 13.8. The van der Waals surface area contributed by atoms with Crippen LogP contribution in [-0.2, 0) is 16.2 Å². The SMILES string of the molecule is O=C(CN1C(=O)S/C(=C\c2ccccc2OCc2ccc([N+](=O)[O-])cc2)C1=O)Nc1ccc(F)c(F)c1F. The van der Waals surface area contributed by atoms with E-state index in [0.717, 1.165) is 6.07 Å². The molecule has 3 aromatic carbocycles. The molecular formula is C25H16F3N3O6S. The number of imide groups is 1. The average molecular weight is 543 g/mol. The number of ether oxygens (including phenoxy) is 1. The first-order valence-corrected chi connectivity index (χ1v) is 11.6. The second-order valence-corrected chi connectivity index (χ2v) is 8.78. The van der Waals surface area contributed by atoms with Gasteiger partial charge in [-0.3, -0.25) is 29.4 Å². The highest BCUT2D eigenvalue weighted by Gasteiger charge is 2.36. The van der Waals surface area contributed by atoms with Gasteiger partial charge in [0.15, 0.2) is 17.5 Å². The van der Waals surface area contributed by atoms with E-state index in [1.165, 1.54) is 18.2 Å². The lowest BCUT2D eigenvalue weighted by Gasteiger charge is -2.13. The molecule has 9 nitrogen and oxygen atoms in total. The number of nitrogens with one attached hydrogen (secondary N) is 1. The van der Waals surface area contributed by atoms with Crippen LogP contribution in [0.25, 0.3) is 6.08 Å². The lowest BCUT2D eigenvalue weighted by atomic mass is 10.1. The van der Waals surface area contributed by atoms with Crippen LogP contribution in [0.1, 0.15) is 11.1 Å². The molecule has 0 bridgehead atoms. The number of hydrogen-bond donors (Lipinski definition) is 1. The molecule has 1 N–H and O–H groups in total. The van der Waals surface area contributed by atoms with Gasteiger partial charge in [0, 0.05) is 17.7 Å². The number of hydrogen-bond acceptors (Lipinski definition) is 7. The van der Waals surface area contributed by atoms with Crippen molar-refractivity contribution in [2.45, 2.75) is 6.61 Å². The molecule has 3 amide bonds. The summed E-state index contributed by atoms with van der Waals surface area (Å²) in [5.74, 6) is -6.24. The van der Waals surface area contributed by atoms with Crippen LogP contribution in [0.15, 0.2) is 65.6 Å². The van der Waals surface area contributed by atoms with Gasteiger partial charge in [0.2, 0.25) is 5.91 Å². The molecule has 4 rings (SSSR count). The van der Waals surface area contributed by atoms with Crippen molar-refractivity contribution >= 4 is 46.3 Å². The summed E-state index contributed by atoms with van der Waals surface area (Å²) in [6.07, 6.45) is 1.41. The number of amides is 3. The Hall–Kier alpha value is -4.65. The van der Waals surface area contributed by atoms with Crippen LogP contribution < -0.4 is 10.1 Å². The van der Waals surface area contributed by atoms with E-state index in [9.17, 15) is 37.7 Å². The number of thioether (sulfide) groups is 1. The van der Waals surface area contributed by atoms with E-state index in [-0.39, 0.29) is 17.2 Å². The number of non-ortho nitro benzene ring substituents is 1. The van der Waals surface area contributed by atoms with E-state index in [0.29, 0.717) is 39.6 Å². The second-order valence-electron chi connectivity index (χ2n) is 7.79. The number of halogens is 3. The van der Waals surface area contributed by atoms with Crippen molar-refractivity contribution in [2.24, 2.45) is 0 Å². The summed E-state index contributed by atoms with van der Waals surface area (Å²) in [5, 5.41) is 12.1. The Morgan fingerprint density at radius 1 is 1.03 bits per heavy atom. The number of nitro benzene ring substituents is 1. The standard InChI is InChI=1S/C25H16F3N3O6S/c26-17-9-10-18(23(28)22(17)27)29-21(32)12-30-24(33)20(38-25(30)34)11-15-3-1-2-4-19(15)37-13-14-5-7-16(8-6-14)31(35)36/h1-11H,12-13H2,(H,29,32)/b20-11-. The molecule has 0 aliphatic carbocycles. The second kappa shape index (κ2) is 11.2. The Balaban J connectivity index is 1.44. The molecule has 1 fully saturated rings. The number of benzene rings is 3. The summed E-state index contributed by atoms with van der Waals surface area (Å²) in [7, 11) is 0. The molecule has 13 heteroatoms. The van der Waals surface area contributed by atoms with Crippen LogP contribution in [0.3, 0.4) is 0 Å². The number of nitro groups is 1. The zero-order valence-electron chi connectivity index (χ0n) is 19.2. The zero-order valence-corrected chi connectivity index (χ0v) is 20.0. The first-order chi connectivity index (χ1) is 18.1. The van der Waals surface area contributed by atoms with E-state index in [1.54, 1.807) is 36.4 Å². The highest BCUT2D eigenvalue weighted by Crippen LogP contribution is 2.34. The number of carbonyl (C=O) groups excluding carboxylic acids is 3. The van der Waals surface area contributed by atoms with Crippen molar-refractivity contribution in [3.8, 4) is 5.75 Å². The predicted molar refractivity (Wildman–Crippen MR) is 131 cm³/mol. The van der Waals surface area contributed by atoms with Crippen LogP contribution in [0.5, 0.6) is 5.75 Å². The third-order valence-electron chi connectivity index (χ3n) is 5.23. The molecule has 0 radical (unpaired) electrons. The van der Waals surface area contributed by atoms with Crippen molar-refractivity contribution in [1.29, 1.82) is 0 Å². The number of nitrogens with zero attached hydrogens (tertiary/aromatic N) is 2. The maximum absolute atomic E-state index is 13.8. The van der Waals surface area contributed by atoms with Crippen LogP contribution in [-0.4, -0.2) is 33.4 Å². The number of anilines is 1. The molecule has 1 aliphatic rings. The van der Waals surface area contributed by atoms with Crippen molar-refractivity contribution in [1.82, 2.24) is 4.90 Å². The van der Waals surface area contributed by atoms with Gasteiger partial charge in [0.05, 0.1) is 15.5 Å². The van der Waals surface area contributed by atoms with E-state index >= 15 is 0 Å². The summed E-state index contributed by atoms with van der Waals surface area (Å²) in [4.78, 5) is 48.4. The fourth-order valence-corrected chi connectivity index (χ4v) is 4.17. The smallest absolute Gasteiger partial charge is 0.294 e. The van der Waals surface area contributed by atoms with Gasteiger partial charge in [-0.05, 0) is 53.7 Å². The van der Waals surface area contributed by atoms with Crippen LogP contribution in [0.2, 0.25) is 0 Å². The van der Waals surface area contributed by atoms with Gasteiger partial charge < -0.3 is 10.1 Å². The van der Waals surface area contributed by atoms with E-state index < -0.39 is 51.7 Å². The quantitative estimate of drug-likeness (QED) is 0.178. The molecule has 0 unspecified atom stereocenters. The zero-order chi connectivity index (χ0) is 27.4. The van der Waals surface area contributed by atoms with Crippen LogP contribution in [0.4, 0.5) is 29.3 Å². The minimum Gasteiger partial charge on any atom is -0.488 e. The first kappa shape index (κ1) is 26.4. The Morgan fingerprint density at radius 2 is 1.74 bits per heavy atom. The maximum Gasteiger partial charge on any atom is 0.294 e. The van der Waals surface area contributed by atoms with Gasteiger partial charge in [0.1, 0.15) is 18.9 Å². The minimum atomic E-state index is -1.77. The topological polar surface area (TPSA) is 119 Å². The van der Waals surface area contributed by atoms with E-state index in [1.807, 2.05) is 5.32 Å². The molecule has 0 atom stereocenters. The van der Waals surface area contributed by atoms with Crippen LogP contribution in [0, 0.1) is 27.6 Å². The molecule has 0 spiro atoms. The lowest BCUT2D eigenvalue weighted by molar-refractivity contribution is -0.384. The lowest BCUT2D eigenvalue weighted by Crippen LogP contribution is -2.36. The summed E-state index contributed by atoms with van der Waals surface area (Å²) in [6, 6.07) is 13.9. The highest BCUT2D eigenvalue weighted by atomic mass is 32.2. The van der Waals surface area contributed by atoms with Gasteiger partial charge in [-0.25, -0.2) is 13.2 Å². The highest BCUT2D eigenvalue weighted by molar-refractivity contribution is 8.18. The molecule has 0 aromatic heterocycles. The fourth-order valence-electron chi connectivity index (χ4n) is 3.34. The average Bonchev–Trinajstić information content (AvgIpc) is 3.16. The third-order valence-corrected chi connectivity index (χ3v) is 6.14. The van der Waals surface area contributed by atoms with E-state index in [2.05, 4.69) is 0 Å². The van der Waals surface area contributed by atoms with Crippen molar-refractivity contribution in [2.75, 3.05) is 11.9 Å². The van der Waals surface area contributed by atoms with Gasteiger partial charge in [0.25, 0.3) is 16.8 Å². The molecule has 1 saturated heterocycles. The molecular weight excluding hydrogens is 527 g/mol. The van der Waals surface area contributed by atoms with Crippen molar-refractivity contribution in [3.05, 3.63) is 104 Å². The van der Waals surface area contributed by atoms with Crippen LogP contribution >= 0.6 is 11.8 Å². The van der Waals surface area contributed by atoms with Gasteiger partial charge >= 0.3 is 0 Å². The van der Waals surface area contributed by atoms with Gasteiger partial charge in [-0.1, -0.05) is 18.2 Å². The van der Waals surface area contributed by atoms with E-state index in [4.69, 9.17) is 4.74 Å². The molecule has 38 heavy (non-hydrogen) atoms. The predicted octanol–water partition coefficient (Wildman–Crippen LogP) is 5.27. The third kappa shape index (κ3) is 5.83. The number of carbonyl (C=O) groups is 3. The van der Waals surface area contributed by atoms with Gasteiger partial charge in [-0.2, -0.15) is 0 Å². The number of para-hydroxylation sites is 1. The Bertz CT molecular complexity index is 1480. The molecule has 194 valence electrons. The minimum absolute atomic E-state index is 0.00630.